The summed E-state index contributed by atoms with van der Waals surface area (Å²) >= 11 is 0. The van der Waals surface area contributed by atoms with E-state index in [2.05, 4.69) is 4.98 Å². The fourth-order valence-corrected chi connectivity index (χ4v) is 1.58. The Balaban J connectivity index is 2.39. The third kappa shape index (κ3) is 2.50. The zero-order chi connectivity index (χ0) is 12.4. The summed E-state index contributed by atoms with van der Waals surface area (Å²) in [6, 6.07) is 7.83. The number of carbonyl (C=O) groups is 1. The molecule has 5 heteroatoms. The van der Waals surface area contributed by atoms with Gasteiger partial charge in [-0.05, 0) is 24.3 Å². The molecule has 2 rings (SSSR count). The third-order valence-corrected chi connectivity index (χ3v) is 2.40. The largest absolute Gasteiger partial charge is 0.480 e. The quantitative estimate of drug-likeness (QED) is 0.881. The van der Waals surface area contributed by atoms with Crippen LogP contribution in [0.3, 0.4) is 0 Å². The van der Waals surface area contributed by atoms with Crippen molar-refractivity contribution in [3.05, 3.63) is 36.1 Å². The Kier molecular flexibility index (Phi) is 2.91. The predicted octanol–water partition coefficient (Wildman–Crippen LogP) is 1.89. The van der Waals surface area contributed by atoms with Crippen LogP contribution in [-0.4, -0.2) is 29.7 Å². The molecular weight excluding hydrogens is 223 g/mol. The Hall–Kier alpha value is -2.17. The fourth-order valence-electron chi connectivity index (χ4n) is 1.58. The molecule has 1 aromatic heterocycles. The van der Waals surface area contributed by atoms with Crippen LogP contribution in [0.4, 0.5) is 10.2 Å². The first-order valence-electron chi connectivity index (χ1n) is 5.05. The predicted molar refractivity (Wildman–Crippen MR) is 62.6 cm³/mol. The number of halogens is 1. The van der Waals surface area contributed by atoms with E-state index in [1.54, 1.807) is 25.2 Å². The van der Waals surface area contributed by atoms with Gasteiger partial charge >= 0.3 is 5.97 Å². The Morgan fingerprint density at radius 3 is 2.82 bits per heavy atom. The van der Waals surface area contributed by atoms with Crippen LogP contribution in [0.1, 0.15) is 0 Å². The van der Waals surface area contributed by atoms with Crippen molar-refractivity contribution in [1.82, 2.24) is 4.98 Å². The second-order valence-electron chi connectivity index (χ2n) is 3.76. The number of nitrogens with zero attached hydrogens (tertiary/aromatic N) is 2. The molecule has 0 atom stereocenters. The van der Waals surface area contributed by atoms with E-state index < -0.39 is 5.97 Å². The topological polar surface area (TPSA) is 53.4 Å². The Labute approximate surface area is 97.3 Å². The van der Waals surface area contributed by atoms with Crippen LogP contribution in [0.5, 0.6) is 0 Å². The van der Waals surface area contributed by atoms with Crippen molar-refractivity contribution in [1.29, 1.82) is 0 Å². The van der Waals surface area contributed by atoms with Crippen LogP contribution in [0.2, 0.25) is 0 Å². The highest BCUT2D eigenvalue weighted by Crippen LogP contribution is 2.18. The van der Waals surface area contributed by atoms with Crippen LogP contribution >= 0.6 is 0 Å². The molecule has 0 radical (unpaired) electrons. The Morgan fingerprint density at radius 2 is 2.12 bits per heavy atom. The van der Waals surface area contributed by atoms with Crippen molar-refractivity contribution in [2.45, 2.75) is 0 Å². The number of carboxylic acids is 1. The van der Waals surface area contributed by atoms with Gasteiger partial charge < -0.3 is 10.0 Å². The molecule has 2 aromatic rings. The molecule has 0 amide bonds. The van der Waals surface area contributed by atoms with E-state index >= 15 is 0 Å². The third-order valence-electron chi connectivity index (χ3n) is 2.40. The SMILES string of the molecule is CN(CC(=O)O)c1ccc2ccc(F)cc2n1. The number of likely N-dealkylation sites (N-methyl/N-ethyl adjacent to an activating group) is 1. The number of aromatic nitrogens is 1. The van der Waals surface area contributed by atoms with Gasteiger partial charge in [-0.1, -0.05) is 0 Å². The maximum atomic E-state index is 13.0. The molecule has 1 N–H and O–H groups in total. The van der Waals surface area contributed by atoms with E-state index in [1.807, 2.05) is 0 Å². The molecule has 0 aliphatic carbocycles. The van der Waals surface area contributed by atoms with Gasteiger partial charge in [-0.15, -0.1) is 0 Å². The summed E-state index contributed by atoms with van der Waals surface area (Å²) in [4.78, 5) is 16.3. The van der Waals surface area contributed by atoms with Crippen molar-refractivity contribution < 1.29 is 14.3 Å². The molecule has 0 saturated heterocycles. The van der Waals surface area contributed by atoms with Gasteiger partial charge in [-0.3, -0.25) is 4.79 Å². The van der Waals surface area contributed by atoms with E-state index in [0.29, 0.717) is 11.3 Å². The molecule has 88 valence electrons. The first-order valence-corrected chi connectivity index (χ1v) is 5.05. The minimum absolute atomic E-state index is 0.145. The van der Waals surface area contributed by atoms with Gasteiger partial charge in [-0.2, -0.15) is 0 Å². The first kappa shape index (κ1) is 11.3. The molecule has 1 aromatic carbocycles. The highest BCUT2D eigenvalue weighted by Gasteiger charge is 2.07. The highest BCUT2D eigenvalue weighted by molar-refractivity contribution is 5.81. The lowest BCUT2D eigenvalue weighted by Gasteiger charge is -2.15. The van der Waals surface area contributed by atoms with Gasteiger partial charge in [0.05, 0.1) is 5.52 Å². The summed E-state index contributed by atoms with van der Waals surface area (Å²) in [5.41, 5.74) is 0.514. The van der Waals surface area contributed by atoms with Crippen LogP contribution in [0.15, 0.2) is 30.3 Å². The van der Waals surface area contributed by atoms with Crippen LogP contribution in [0, 0.1) is 5.82 Å². The Morgan fingerprint density at radius 1 is 1.41 bits per heavy atom. The monoisotopic (exact) mass is 234 g/mol. The van der Waals surface area contributed by atoms with Crippen molar-refractivity contribution in [2.75, 3.05) is 18.5 Å². The molecule has 1 heterocycles. The molecule has 0 bridgehead atoms. The standard InChI is InChI=1S/C12H11FN2O2/c1-15(7-12(16)17)11-5-3-8-2-4-9(13)6-10(8)14-11/h2-6H,7H2,1H3,(H,16,17). The number of hydrogen-bond donors (Lipinski definition) is 1. The van der Waals surface area contributed by atoms with E-state index in [-0.39, 0.29) is 12.4 Å². The number of benzene rings is 1. The summed E-state index contributed by atoms with van der Waals surface area (Å²) in [5, 5.41) is 9.49. The molecule has 0 spiro atoms. The lowest BCUT2D eigenvalue weighted by Crippen LogP contribution is -2.25. The smallest absolute Gasteiger partial charge is 0.323 e. The van der Waals surface area contributed by atoms with Crippen molar-refractivity contribution in [2.24, 2.45) is 0 Å². The highest BCUT2D eigenvalue weighted by atomic mass is 19.1. The second-order valence-corrected chi connectivity index (χ2v) is 3.76. The summed E-state index contributed by atoms with van der Waals surface area (Å²) in [6.45, 7) is -0.145. The van der Waals surface area contributed by atoms with Gasteiger partial charge in [0, 0.05) is 18.5 Å². The van der Waals surface area contributed by atoms with E-state index in [1.165, 1.54) is 17.0 Å². The van der Waals surface area contributed by atoms with E-state index in [0.717, 1.165) is 5.39 Å². The zero-order valence-corrected chi connectivity index (χ0v) is 9.22. The normalized spacial score (nSPS) is 10.5. The number of anilines is 1. The van der Waals surface area contributed by atoms with Crippen molar-refractivity contribution in [3.8, 4) is 0 Å². The average Bonchev–Trinajstić information content (AvgIpc) is 2.27. The van der Waals surface area contributed by atoms with Crippen molar-refractivity contribution >= 4 is 22.7 Å². The van der Waals surface area contributed by atoms with Crippen LogP contribution in [0.25, 0.3) is 10.9 Å². The molecule has 0 aliphatic heterocycles. The zero-order valence-electron chi connectivity index (χ0n) is 9.22. The summed E-state index contributed by atoms with van der Waals surface area (Å²) < 4.78 is 13.0. The molecule has 0 fully saturated rings. The minimum Gasteiger partial charge on any atom is -0.480 e. The summed E-state index contributed by atoms with van der Waals surface area (Å²) in [5.74, 6) is -0.790. The summed E-state index contributed by atoms with van der Waals surface area (Å²) in [6.07, 6.45) is 0. The van der Waals surface area contributed by atoms with Crippen LogP contribution < -0.4 is 4.90 Å². The number of hydrogen-bond acceptors (Lipinski definition) is 3. The molecular formula is C12H11FN2O2. The maximum Gasteiger partial charge on any atom is 0.323 e. The molecule has 17 heavy (non-hydrogen) atoms. The van der Waals surface area contributed by atoms with Crippen molar-refractivity contribution in [3.63, 3.8) is 0 Å². The van der Waals surface area contributed by atoms with Gasteiger partial charge in [0.25, 0.3) is 0 Å². The molecule has 0 aliphatic rings. The molecule has 0 saturated carbocycles. The summed E-state index contributed by atoms with van der Waals surface area (Å²) in [7, 11) is 1.63. The van der Waals surface area contributed by atoms with Crippen LogP contribution in [-0.2, 0) is 4.79 Å². The average molecular weight is 234 g/mol. The number of rotatable bonds is 3. The first-order chi connectivity index (χ1) is 8.06. The number of aliphatic carboxylic acids is 1. The van der Waals surface area contributed by atoms with E-state index in [9.17, 15) is 9.18 Å². The second kappa shape index (κ2) is 4.37. The Bertz CT molecular complexity index is 571. The van der Waals surface area contributed by atoms with Gasteiger partial charge in [0.1, 0.15) is 18.2 Å². The lowest BCUT2D eigenvalue weighted by molar-refractivity contribution is -0.135. The number of carboxylic acid groups (broad SMARTS) is 1. The minimum atomic E-state index is -0.936. The van der Waals surface area contributed by atoms with Gasteiger partial charge in [0.15, 0.2) is 0 Å². The maximum absolute atomic E-state index is 13.0. The molecule has 0 unspecified atom stereocenters. The molecule has 4 nitrogen and oxygen atoms in total. The number of fused-ring (bicyclic) bond motifs is 1. The van der Waals surface area contributed by atoms with Gasteiger partial charge in [0.2, 0.25) is 0 Å². The lowest BCUT2D eigenvalue weighted by atomic mass is 10.2. The fraction of sp³-hybridized carbons (Fsp3) is 0.167. The van der Waals surface area contributed by atoms with Gasteiger partial charge in [-0.25, -0.2) is 9.37 Å². The number of pyridine rings is 1. The van der Waals surface area contributed by atoms with E-state index in [4.69, 9.17) is 5.11 Å².